The summed E-state index contributed by atoms with van der Waals surface area (Å²) in [6.07, 6.45) is 3.24. The number of amides is 1. The molecule has 0 bridgehead atoms. The molecule has 7 heteroatoms. The molecule has 0 saturated carbocycles. The first-order valence-electron chi connectivity index (χ1n) is 8.24. The Kier molecular flexibility index (Phi) is 4.04. The van der Waals surface area contributed by atoms with E-state index in [1.165, 1.54) is 28.9 Å². The molecule has 2 aliphatic heterocycles. The lowest BCUT2D eigenvalue weighted by atomic mass is 10.1. The number of fused-ring (bicyclic) bond motifs is 1. The van der Waals surface area contributed by atoms with Crippen LogP contribution in [0.25, 0.3) is 16.9 Å². The number of nitrogens with one attached hydrogen (secondary N) is 1. The fraction of sp³-hybridized carbons (Fsp3) is 0.0500. The summed E-state index contributed by atoms with van der Waals surface area (Å²) in [7, 11) is 1.73. The van der Waals surface area contributed by atoms with Crippen molar-refractivity contribution in [1.82, 2.24) is 14.3 Å². The fourth-order valence-corrected chi connectivity index (χ4v) is 2.88. The van der Waals surface area contributed by atoms with Gasteiger partial charge in [-0.25, -0.2) is 4.39 Å². The average Bonchev–Trinajstić information content (AvgIpc) is 3.00. The molecule has 1 amide bonds. The zero-order chi connectivity index (χ0) is 19.0. The Morgan fingerprint density at radius 3 is 2.44 bits per heavy atom. The number of carbonyl (C=O) groups is 1. The van der Waals surface area contributed by atoms with Crippen LogP contribution in [0.5, 0.6) is 0 Å². The summed E-state index contributed by atoms with van der Waals surface area (Å²) >= 11 is 0. The Balaban J connectivity index is 1.80. The maximum absolute atomic E-state index is 13.1. The van der Waals surface area contributed by atoms with Crippen LogP contribution in [-0.2, 0) is 7.05 Å². The third kappa shape index (κ3) is 3.10. The van der Waals surface area contributed by atoms with E-state index < -0.39 is 5.91 Å². The van der Waals surface area contributed by atoms with Crippen LogP contribution in [0.1, 0.15) is 10.4 Å². The van der Waals surface area contributed by atoms with Crippen molar-refractivity contribution in [2.45, 2.75) is 0 Å². The molecule has 0 unspecified atom stereocenters. The zero-order valence-corrected chi connectivity index (χ0v) is 14.4. The number of aryl methyl sites for hydroxylation is 1. The molecule has 2 aliphatic rings. The summed E-state index contributed by atoms with van der Waals surface area (Å²) in [5.41, 5.74) is 1.67. The number of hydrogen-bond donors (Lipinski definition) is 1. The topological polar surface area (TPSA) is 68.9 Å². The molecule has 0 aliphatic carbocycles. The molecule has 134 valence electrons. The molecule has 4 rings (SSSR count). The number of para-hydroxylation sites is 1. The number of anilines is 1. The summed E-state index contributed by atoms with van der Waals surface area (Å²) < 4.78 is 16.0. The molecule has 1 N–H and O–H groups in total. The minimum absolute atomic E-state index is 0.256. The quantitative estimate of drug-likeness (QED) is 0.609. The number of benzene rings is 2. The van der Waals surface area contributed by atoms with Crippen molar-refractivity contribution in [3.63, 3.8) is 0 Å². The fourth-order valence-electron chi connectivity index (χ4n) is 2.88. The minimum atomic E-state index is -0.430. The molecule has 0 atom stereocenters. The molecule has 0 saturated heterocycles. The summed E-state index contributed by atoms with van der Waals surface area (Å²) in [6, 6.07) is 14.5. The Morgan fingerprint density at radius 2 is 1.74 bits per heavy atom. The first-order chi connectivity index (χ1) is 13.0. The molecule has 2 aromatic rings. The van der Waals surface area contributed by atoms with Crippen LogP contribution in [0, 0.1) is 5.82 Å². The van der Waals surface area contributed by atoms with E-state index in [1.54, 1.807) is 36.1 Å². The Bertz CT molecular complexity index is 1150. The first-order valence-corrected chi connectivity index (χ1v) is 8.24. The van der Waals surface area contributed by atoms with Gasteiger partial charge in [0.05, 0.1) is 16.8 Å². The van der Waals surface area contributed by atoms with E-state index in [0.717, 1.165) is 0 Å². The van der Waals surface area contributed by atoms with Gasteiger partial charge in [0.2, 0.25) is 0 Å². The Labute approximate surface area is 153 Å². The van der Waals surface area contributed by atoms with E-state index in [0.29, 0.717) is 22.6 Å². The van der Waals surface area contributed by atoms with Crippen molar-refractivity contribution in [3.8, 4) is 16.9 Å². The third-order valence-electron chi connectivity index (χ3n) is 4.15. The van der Waals surface area contributed by atoms with E-state index in [1.807, 2.05) is 18.2 Å². The minimum Gasteiger partial charge on any atom is -0.356 e. The normalized spacial score (nSPS) is 10.9. The van der Waals surface area contributed by atoms with Crippen LogP contribution in [-0.4, -0.2) is 20.3 Å². The van der Waals surface area contributed by atoms with Crippen LogP contribution in [0.15, 0.2) is 71.8 Å². The lowest BCUT2D eigenvalue weighted by molar-refractivity contribution is 0.102. The van der Waals surface area contributed by atoms with Gasteiger partial charge in [-0.3, -0.25) is 9.59 Å². The molecule has 0 radical (unpaired) electrons. The van der Waals surface area contributed by atoms with Crippen LogP contribution in [0.3, 0.4) is 0 Å². The maximum atomic E-state index is 13.1. The van der Waals surface area contributed by atoms with Crippen molar-refractivity contribution in [2.24, 2.45) is 7.05 Å². The van der Waals surface area contributed by atoms with Crippen molar-refractivity contribution >= 4 is 11.6 Å². The van der Waals surface area contributed by atoms with Gasteiger partial charge in [0, 0.05) is 25.1 Å². The second kappa shape index (κ2) is 6.53. The van der Waals surface area contributed by atoms with Crippen LogP contribution in [0.2, 0.25) is 0 Å². The summed E-state index contributed by atoms with van der Waals surface area (Å²) in [5, 5.41) is 7.07. The first kappa shape index (κ1) is 16.7. The Hall–Kier alpha value is -3.74. The van der Waals surface area contributed by atoms with E-state index in [9.17, 15) is 14.0 Å². The summed E-state index contributed by atoms with van der Waals surface area (Å²) in [4.78, 5) is 25.5. The van der Waals surface area contributed by atoms with Gasteiger partial charge >= 0.3 is 0 Å². The van der Waals surface area contributed by atoms with Crippen molar-refractivity contribution in [3.05, 3.63) is 88.7 Å². The maximum Gasteiger partial charge on any atom is 0.282 e. The van der Waals surface area contributed by atoms with E-state index >= 15 is 0 Å². The number of hydrogen-bond acceptors (Lipinski definition) is 3. The van der Waals surface area contributed by atoms with E-state index in [4.69, 9.17) is 0 Å². The highest BCUT2D eigenvalue weighted by Crippen LogP contribution is 2.23. The molecule has 2 heterocycles. The monoisotopic (exact) mass is 362 g/mol. The molecule has 6 nitrogen and oxygen atoms in total. The zero-order valence-electron chi connectivity index (χ0n) is 14.4. The molecule has 0 spiro atoms. The molecular formula is C20H15FN4O2. The lowest BCUT2D eigenvalue weighted by Crippen LogP contribution is -2.17. The predicted molar refractivity (Wildman–Crippen MR) is 99.8 cm³/mol. The number of nitrogens with zero attached hydrogens (tertiary/aromatic N) is 3. The van der Waals surface area contributed by atoms with Gasteiger partial charge in [-0.15, -0.1) is 0 Å². The number of carbonyl (C=O) groups excluding carboxylic acids is 1. The Morgan fingerprint density at radius 1 is 1.04 bits per heavy atom. The summed E-state index contributed by atoms with van der Waals surface area (Å²) in [6.45, 7) is 0. The molecular weight excluding hydrogens is 347 g/mol. The van der Waals surface area contributed by atoms with Gasteiger partial charge in [-0.2, -0.15) is 9.78 Å². The standard InChI is InChI=1S/C20H15FN4O2/c1-24-11-16(19(26)22-14-9-7-13(21)8-10-14)18-17(12-24)20(27)25(23-18)15-5-3-2-4-6-15/h2-12H,1H3,(H,22,26). The van der Waals surface area contributed by atoms with Gasteiger partial charge < -0.3 is 9.88 Å². The second-order valence-corrected chi connectivity index (χ2v) is 6.11. The second-order valence-electron chi connectivity index (χ2n) is 6.11. The van der Waals surface area contributed by atoms with E-state index in [-0.39, 0.29) is 16.9 Å². The molecule has 27 heavy (non-hydrogen) atoms. The molecule has 2 aromatic carbocycles. The van der Waals surface area contributed by atoms with Crippen molar-refractivity contribution < 1.29 is 9.18 Å². The smallest absolute Gasteiger partial charge is 0.282 e. The number of rotatable bonds is 3. The molecule has 0 aromatic heterocycles. The number of aromatic nitrogens is 3. The predicted octanol–water partition coefficient (Wildman–Crippen LogP) is 3.07. The summed E-state index contributed by atoms with van der Waals surface area (Å²) in [5.74, 6) is -0.820. The van der Waals surface area contributed by atoms with Gasteiger partial charge in [-0.1, -0.05) is 18.2 Å². The van der Waals surface area contributed by atoms with E-state index in [2.05, 4.69) is 10.4 Å². The van der Waals surface area contributed by atoms with Gasteiger partial charge in [0.25, 0.3) is 11.5 Å². The highest BCUT2D eigenvalue weighted by Gasteiger charge is 2.24. The number of halogens is 1. The van der Waals surface area contributed by atoms with Gasteiger partial charge in [0.15, 0.2) is 0 Å². The third-order valence-corrected chi connectivity index (χ3v) is 4.15. The van der Waals surface area contributed by atoms with Crippen molar-refractivity contribution in [1.29, 1.82) is 0 Å². The average molecular weight is 362 g/mol. The highest BCUT2D eigenvalue weighted by molar-refractivity contribution is 6.08. The largest absolute Gasteiger partial charge is 0.356 e. The van der Waals surface area contributed by atoms with Crippen LogP contribution >= 0.6 is 0 Å². The van der Waals surface area contributed by atoms with Crippen LogP contribution < -0.4 is 10.9 Å². The van der Waals surface area contributed by atoms with Crippen LogP contribution in [0.4, 0.5) is 10.1 Å². The van der Waals surface area contributed by atoms with Gasteiger partial charge in [-0.05, 0) is 36.4 Å². The molecule has 0 fully saturated rings. The van der Waals surface area contributed by atoms with Crippen molar-refractivity contribution in [2.75, 3.05) is 5.32 Å². The van der Waals surface area contributed by atoms with Gasteiger partial charge in [0.1, 0.15) is 11.5 Å². The number of pyridine rings is 1. The SMILES string of the molecule is Cn1cc(C(=O)Nc2ccc(F)cc2)c2nn(-c3ccccc3)c(=O)c-2c1. The lowest BCUT2D eigenvalue weighted by Gasteiger charge is -2.10. The highest BCUT2D eigenvalue weighted by atomic mass is 19.1.